The molecular formula is C14H20FNO3. The zero-order valence-electron chi connectivity index (χ0n) is 11.5. The highest BCUT2D eigenvalue weighted by Gasteiger charge is 2.15. The molecule has 1 rings (SSSR count). The molecule has 0 radical (unpaired) electrons. The number of alkyl carbamates (subject to hydrolysis) is 1. The van der Waals surface area contributed by atoms with Crippen LogP contribution in [0.2, 0.25) is 0 Å². The van der Waals surface area contributed by atoms with Crippen molar-refractivity contribution in [3.8, 4) is 5.75 Å². The van der Waals surface area contributed by atoms with Gasteiger partial charge in [0.05, 0.1) is 0 Å². The second kappa shape index (κ2) is 6.41. The van der Waals surface area contributed by atoms with Gasteiger partial charge in [-0.05, 0) is 45.2 Å². The first-order valence-electron chi connectivity index (χ1n) is 6.23. The topological polar surface area (TPSA) is 58.6 Å². The Kier molecular flexibility index (Phi) is 5.15. The van der Waals surface area contributed by atoms with Gasteiger partial charge in [0.2, 0.25) is 0 Å². The molecule has 0 saturated heterocycles. The molecule has 0 heterocycles. The molecule has 1 aromatic carbocycles. The molecule has 0 atom stereocenters. The van der Waals surface area contributed by atoms with Crippen LogP contribution in [0.15, 0.2) is 18.2 Å². The molecule has 2 N–H and O–H groups in total. The summed E-state index contributed by atoms with van der Waals surface area (Å²) in [5, 5.41) is 12.1. The summed E-state index contributed by atoms with van der Waals surface area (Å²) in [5.74, 6) is -0.947. The Bertz CT molecular complexity index is 441. The number of aromatic hydroxyl groups is 1. The van der Waals surface area contributed by atoms with E-state index in [1.807, 2.05) is 0 Å². The van der Waals surface area contributed by atoms with Crippen LogP contribution in [0.3, 0.4) is 0 Å². The molecule has 0 bridgehead atoms. The van der Waals surface area contributed by atoms with Gasteiger partial charge >= 0.3 is 6.09 Å². The number of amides is 1. The first kappa shape index (κ1) is 15.3. The number of hydrogen-bond acceptors (Lipinski definition) is 3. The standard InChI is InChI=1S/C14H20FNO3/c1-14(2,3)19-13(18)16-9-5-7-10-6-4-8-11(15)12(10)17/h4,6,8,17H,5,7,9H2,1-3H3,(H,16,18). The van der Waals surface area contributed by atoms with Crippen LogP contribution in [0.1, 0.15) is 32.8 Å². The highest BCUT2D eigenvalue weighted by Crippen LogP contribution is 2.21. The van der Waals surface area contributed by atoms with Crippen molar-refractivity contribution in [3.63, 3.8) is 0 Å². The molecule has 4 nitrogen and oxygen atoms in total. The molecule has 0 aliphatic rings. The van der Waals surface area contributed by atoms with Crippen molar-refractivity contribution in [2.24, 2.45) is 0 Å². The zero-order valence-corrected chi connectivity index (χ0v) is 11.5. The van der Waals surface area contributed by atoms with Crippen LogP contribution in [-0.2, 0) is 11.2 Å². The number of nitrogens with one attached hydrogen (secondary N) is 1. The van der Waals surface area contributed by atoms with Crippen molar-refractivity contribution in [2.45, 2.75) is 39.2 Å². The van der Waals surface area contributed by atoms with Gasteiger partial charge in [-0.2, -0.15) is 0 Å². The summed E-state index contributed by atoms with van der Waals surface area (Å²) in [6.45, 7) is 5.77. The van der Waals surface area contributed by atoms with Gasteiger partial charge in [-0.3, -0.25) is 0 Å². The van der Waals surface area contributed by atoms with E-state index in [1.165, 1.54) is 6.07 Å². The first-order chi connectivity index (χ1) is 8.79. The molecule has 0 fully saturated rings. The van der Waals surface area contributed by atoms with Gasteiger partial charge in [-0.25, -0.2) is 9.18 Å². The highest BCUT2D eigenvalue weighted by atomic mass is 19.1. The maximum atomic E-state index is 13.1. The number of hydrogen-bond donors (Lipinski definition) is 2. The predicted molar refractivity (Wildman–Crippen MR) is 70.6 cm³/mol. The van der Waals surface area contributed by atoms with E-state index in [0.717, 1.165) is 0 Å². The number of benzene rings is 1. The van der Waals surface area contributed by atoms with Crippen LogP contribution in [-0.4, -0.2) is 23.3 Å². The predicted octanol–water partition coefficient (Wildman–Crippen LogP) is 2.99. The van der Waals surface area contributed by atoms with Crippen molar-refractivity contribution in [2.75, 3.05) is 6.54 Å². The van der Waals surface area contributed by atoms with Crippen molar-refractivity contribution in [3.05, 3.63) is 29.6 Å². The van der Waals surface area contributed by atoms with Crippen LogP contribution in [0.25, 0.3) is 0 Å². The summed E-state index contributed by atoms with van der Waals surface area (Å²) < 4.78 is 18.1. The van der Waals surface area contributed by atoms with E-state index < -0.39 is 17.5 Å². The molecule has 19 heavy (non-hydrogen) atoms. The molecule has 0 aliphatic carbocycles. The normalized spacial score (nSPS) is 11.2. The number of carbonyl (C=O) groups excluding carboxylic acids is 1. The Morgan fingerprint density at radius 3 is 2.74 bits per heavy atom. The Hall–Kier alpha value is -1.78. The number of ether oxygens (including phenoxy) is 1. The van der Waals surface area contributed by atoms with Crippen molar-refractivity contribution < 1.29 is 19.0 Å². The molecule has 0 saturated carbocycles. The zero-order chi connectivity index (χ0) is 14.5. The van der Waals surface area contributed by atoms with E-state index in [1.54, 1.807) is 32.9 Å². The largest absolute Gasteiger partial charge is 0.505 e. The van der Waals surface area contributed by atoms with E-state index in [-0.39, 0.29) is 5.75 Å². The van der Waals surface area contributed by atoms with Gasteiger partial charge in [-0.15, -0.1) is 0 Å². The smallest absolute Gasteiger partial charge is 0.407 e. The van der Waals surface area contributed by atoms with Crippen LogP contribution in [0, 0.1) is 5.82 Å². The number of para-hydroxylation sites is 1. The number of aryl methyl sites for hydroxylation is 1. The minimum Gasteiger partial charge on any atom is -0.505 e. The lowest BCUT2D eigenvalue weighted by Crippen LogP contribution is -2.33. The van der Waals surface area contributed by atoms with Crippen LogP contribution < -0.4 is 5.32 Å². The summed E-state index contributed by atoms with van der Waals surface area (Å²) in [6, 6.07) is 4.41. The average molecular weight is 269 g/mol. The number of phenols is 1. The minimum atomic E-state index is -0.627. The molecule has 1 aromatic rings. The third-order valence-electron chi connectivity index (χ3n) is 2.36. The quantitative estimate of drug-likeness (QED) is 0.826. The van der Waals surface area contributed by atoms with Gasteiger partial charge in [0, 0.05) is 6.54 Å². The van der Waals surface area contributed by atoms with Gasteiger partial charge in [0.1, 0.15) is 5.60 Å². The van der Waals surface area contributed by atoms with E-state index in [4.69, 9.17) is 4.74 Å². The van der Waals surface area contributed by atoms with Gasteiger partial charge in [0.25, 0.3) is 0 Å². The molecular weight excluding hydrogens is 249 g/mol. The fraction of sp³-hybridized carbons (Fsp3) is 0.500. The van der Waals surface area contributed by atoms with Gasteiger partial charge in [-0.1, -0.05) is 12.1 Å². The number of rotatable bonds is 4. The second-order valence-electron chi connectivity index (χ2n) is 5.28. The summed E-state index contributed by atoms with van der Waals surface area (Å²) in [7, 11) is 0. The summed E-state index contributed by atoms with van der Waals surface area (Å²) in [6.07, 6.45) is 0.603. The molecule has 106 valence electrons. The maximum absolute atomic E-state index is 13.1. The summed E-state index contributed by atoms with van der Waals surface area (Å²) in [5.41, 5.74) is 0.0104. The molecule has 0 unspecified atom stereocenters. The lowest BCUT2D eigenvalue weighted by atomic mass is 10.1. The lowest BCUT2D eigenvalue weighted by Gasteiger charge is -2.19. The molecule has 0 aliphatic heterocycles. The van der Waals surface area contributed by atoms with E-state index >= 15 is 0 Å². The first-order valence-corrected chi connectivity index (χ1v) is 6.23. The van der Waals surface area contributed by atoms with Crippen LogP contribution in [0.5, 0.6) is 5.75 Å². The third-order valence-corrected chi connectivity index (χ3v) is 2.36. The molecule has 5 heteroatoms. The lowest BCUT2D eigenvalue weighted by molar-refractivity contribution is 0.0527. The van der Waals surface area contributed by atoms with E-state index in [2.05, 4.69) is 5.32 Å². The monoisotopic (exact) mass is 269 g/mol. The molecule has 1 amide bonds. The van der Waals surface area contributed by atoms with Crippen molar-refractivity contribution in [1.29, 1.82) is 0 Å². The number of halogens is 1. The Morgan fingerprint density at radius 1 is 1.42 bits per heavy atom. The van der Waals surface area contributed by atoms with Crippen molar-refractivity contribution in [1.82, 2.24) is 5.32 Å². The average Bonchev–Trinajstić information content (AvgIpc) is 2.27. The maximum Gasteiger partial charge on any atom is 0.407 e. The van der Waals surface area contributed by atoms with Crippen LogP contribution >= 0.6 is 0 Å². The van der Waals surface area contributed by atoms with Crippen molar-refractivity contribution >= 4 is 6.09 Å². The van der Waals surface area contributed by atoms with Gasteiger partial charge < -0.3 is 15.2 Å². The Morgan fingerprint density at radius 2 is 2.11 bits per heavy atom. The fourth-order valence-electron chi connectivity index (χ4n) is 1.55. The third kappa shape index (κ3) is 5.59. The Balaban J connectivity index is 2.32. The minimum absolute atomic E-state index is 0.320. The van der Waals surface area contributed by atoms with E-state index in [0.29, 0.717) is 24.9 Å². The number of phenolic OH excluding ortho intramolecular Hbond substituents is 1. The Labute approximate surface area is 112 Å². The molecule has 0 aromatic heterocycles. The van der Waals surface area contributed by atoms with Gasteiger partial charge in [0.15, 0.2) is 11.6 Å². The van der Waals surface area contributed by atoms with Crippen LogP contribution in [0.4, 0.5) is 9.18 Å². The number of carbonyl (C=O) groups is 1. The van der Waals surface area contributed by atoms with E-state index in [9.17, 15) is 14.3 Å². The fourth-order valence-corrected chi connectivity index (χ4v) is 1.55. The highest BCUT2D eigenvalue weighted by molar-refractivity contribution is 5.67. The summed E-state index contributed by atoms with van der Waals surface area (Å²) >= 11 is 0. The summed E-state index contributed by atoms with van der Waals surface area (Å²) in [4.78, 5) is 11.3. The second-order valence-corrected chi connectivity index (χ2v) is 5.28. The SMILES string of the molecule is CC(C)(C)OC(=O)NCCCc1cccc(F)c1O. The molecule has 0 spiro atoms.